The lowest BCUT2D eigenvalue weighted by Gasteiger charge is -2.30. The minimum Gasteiger partial charge on any atom is -0.444 e. The number of carbonyl (C=O) groups is 2. The Hall–Kier alpha value is -4.00. The van der Waals surface area contributed by atoms with Crippen molar-refractivity contribution in [3.05, 3.63) is 95.1 Å². The molecule has 4 rings (SSSR count). The fraction of sp³-hybridized carbons (Fsp3) is 0.406. The van der Waals surface area contributed by atoms with Gasteiger partial charge in [0.1, 0.15) is 29.1 Å². The van der Waals surface area contributed by atoms with Crippen LogP contribution >= 0.6 is 0 Å². The number of benzene rings is 2. The molecular weight excluding hydrogens is 577 g/mol. The number of anilines is 1. The van der Waals surface area contributed by atoms with E-state index >= 15 is 4.39 Å². The second-order valence-electron chi connectivity index (χ2n) is 11.6. The highest BCUT2D eigenvalue weighted by Crippen LogP contribution is 2.31. The summed E-state index contributed by atoms with van der Waals surface area (Å²) in [5.74, 6) is -3.30. The first-order valence-corrected chi connectivity index (χ1v) is 14.3. The van der Waals surface area contributed by atoms with Crippen LogP contribution in [0.3, 0.4) is 0 Å². The van der Waals surface area contributed by atoms with Crippen molar-refractivity contribution in [1.29, 1.82) is 0 Å². The fourth-order valence-electron chi connectivity index (χ4n) is 4.96. The smallest absolute Gasteiger partial charge is 0.408 e. The Morgan fingerprint density at radius 3 is 2.18 bits per heavy atom. The Morgan fingerprint density at radius 2 is 1.66 bits per heavy atom. The van der Waals surface area contributed by atoms with Crippen molar-refractivity contribution < 1.29 is 37.3 Å². The number of ether oxygens (including phenoxy) is 2. The van der Waals surface area contributed by atoms with E-state index in [4.69, 9.17) is 9.47 Å². The molecule has 3 aromatic rings. The number of nitrogens with one attached hydrogen (secondary N) is 3. The molecule has 0 bridgehead atoms. The summed E-state index contributed by atoms with van der Waals surface area (Å²) < 4.78 is 54.1. The van der Waals surface area contributed by atoms with Crippen LogP contribution in [0.15, 0.2) is 60.9 Å². The SMILES string of the molecule is CC(C)(C)OC(=O)NC(C(=O)Nc1cncc(F)c1CC[C@@H]1CN[C@H](CO)CO1)C(c1ccc(F)cc1)c1ccc(F)cc1. The van der Waals surface area contributed by atoms with Crippen LogP contribution in [0.5, 0.6) is 0 Å². The molecule has 2 heterocycles. The molecule has 1 fully saturated rings. The summed E-state index contributed by atoms with van der Waals surface area (Å²) in [5, 5.41) is 17.8. The largest absolute Gasteiger partial charge is 0.444 e. The lowest BCUT2D eigenvalue weighted by molar-refractivity contribution is -0.118. The first-order valence-electron chi connectivity index (χ1n) is 14.3. The number of halogens is 3. The van der Waals surface area contributed by atoms with Crippen LogP contribution in [0.4, 0.5) is 23.7 Å². The van der Waals surface area contributed by atoms with E-state index in [1.165, 1.54) is 54.7 Å². The summed E-state index contributed by atoms with van der Waals surface area (Å²) in [5.41, 5.74) is 0.307. The van der Waals surface area contributed by atoms with Crippen LogP contribution in [-0.2, 0) is 20.7 Å². The molecule has 0 saturated carbocycles. The van der Waals surface area contributed by atoms with Crippen molar-refractivity contribution in [2.75, 3.05) is 25.1 Å². The monoisotopic (exact) mass is 614 g/mol. The van der Waals surface area contributed by atoms with Gasteiger partial charge in [-0.25, -0.2) is 18.0 Å². The summed E-state index contributed by atoms with van der Waals surface area (Å²) in [6.45, 7) is 5.73. The number of hydrogen-bond acceptors (Lipinski definition) is 7. The maximum Gasteiger partial charge on any atom is 0.408 e. The van der Waals surface area contributed by atoms with Gasteiger partial charge in [-0.3, -0.25) is 9.78 Å². The van der Waals surface area contributed by atoms with Gasteiger partial charge < -0.3 is 30.5 Å². The molecule has 1 aliphatic heterocycles. The predicted octanol–water partition coefficient (Wildman–Crippen LogP) is 4.44. The zero-order valence-electron chi connectivity index (χ0n) is 24.8. The van der Waals surface area contributed by atoms with Gasteiger partial charge in [-0.2, -0.15) is 0 Å². The average Bonchev–Trinajstić information content (AvgIpc) is 2.97. The molecule has 9 nitrogen and oxygen atoms in total. The summed E-state index contributed by atoms with van der Waals surface area (Å²) in [4.78, 5) is 30.9. The molecular formula is C32H37F3N4O5. The van der Waals surface area contributed by atoms with E-state index in [1.807, 2.05) is 0 Å². The molecule has 0 spiro atoms. The van der Waals surface area contributed by atoms with Crippen molar-refractivity contribution in [2.45, 2.75) is 63.3 Å². The van der Waals surface area contributed by atoms with E-state index in [1.54, 1.807) is 20.8 Å². The molecule has 4 N–H and O–H groups in total. The zero-order valence-corrected chi connectivity index (χ0v) is 24.8. The zero-order chi connectivity index (χ0) is 31.9. The number of amides is 2. The average molecular weight is 615 g/mol. The van der Waals surface area contributed by atoms with E-state index < -0.39 is 47.0 Å². The Kier molecular flexibility index (Phi) is 11.0. The van der Waals surface area contributed by atoms with Gasteiger partial charge in [0.15, 0.2) is 0 Å². The lowest BCUT2D eigenvalue weighted by Crippen LogP contribution is -2.49. The first-order chi connectivity index (χ1) is 20.9. The molecule has 1 aliphatic rings. The first kappa shape index (κ1) is 32.9. The van der Waals surface area contributed by atoms with Crippen LogP contribution < -0.4 is 16.0 Å². The van der Waals surface area contributed by atoms with E-state index in [9.17, 15) is 23.5 Å². The molecule has 44 heavy (non-hydrogen) atoms. The normalized spacial score (nSPS) is 17.6. The number of rotatable bonds is 10. The summed E-state index contributed by atoms with van der Waals surface area (Å²) in [6, 6.07) is 9.21. The number of pyridine rings is 1. The maximum atomic E-state index is 15.1. The van der Waals surface area contributed by atoms with Crippen molar-refractivity contribution in [3.63, 3.8) is 0 Å². The number of hydrogen-bond donors (Lipinski definition) is 4. The van der Waals surface area contributed by atoms with Gasteiger partial charge in [0, 0.05) is 18.0 Å². The summed E-state index contributed by atoms with van der Waals surface area (Å²) in [6.07, 6.45) is 1.84. The summed E-state index contributed by atoms with van der Waals surface area (Å²) >= 11 is 0. The highest BCUT2D eigenvalue weighted by atomic mass is 19.1. The molecule has 2 amide bonds. The number of aliphatic hydroxyl groups excluding tert-OH is 1. The third-order valence-corrected chi connectivity index (χ3v) is 7.11. The Morgan fingerprint density at radius 1 is 1.05 bits per heavy atom. The Bertz CT molecular complexity index is 1360. The van der Waals surface area contributed by atoms with Gasteiger partial charge in [-0.05, 0) is 69.0 Å². The van der Waals surface area contributed by atoms with Gasteiger partial charge in [-0.1, -0.05) is 24.3 Å². The molecule has 3 atom stereocenters. The second kappa shape index (κ2) is 14.7. The van der Waals surface area contributed by atoms with E-state index in [0.717, 1.165) is 6.20 Å². The van der Waals surface area contributed by atoms with Crippen LogP contribution in [0.1, 0.15) is 49.8 Å². The van der Waals surface area contributed by atoms with Gasteiger partial charge >= 0.3 is 6.09 Å². The van der Waals surface area contributed by atoms with Crippen molar-refractivity contribution in [2.24, 2.45) is 0 Å². The molecule has 1 unspecified atom stereocenters. The van der Waals surface area contributed by atoms with Crippen LogP contribution in [-0.4, -0.2) is 65.6 Å². The van der Waals surface area contributed by atoms with Gasteiger partial charge in [0.2, 0.25) is 5.91 Å². The molecule has 1 aromatic heterocycles. The highest BCUT2D eigenvalue weighted by Gasteiger charge is 2.35. The summed E-state index contributed by atoms with van der Waals surface area (Å²) in [7, 11) is 0. The highest BCUT2D eigenvalue weighted by molar-refractivity contribution is 5.98. The van der Waals surface area contributed by atoms with Crippen molar-refractivity contribution in [1.82, 2.24) is 15.6 Å². The molecule has 0 radical (unpaired) electrons. The quantitative estimate of drug-likeness (QED) is 0.266. The minimum absolute atomic E-state index is 0.0583. The number of aliphatic hydroxyl groups is 1. The number of morpholine rings is 1. The minimum atomic E-state index is -1.36. The maximum absolute atomic E-state index is 15.1. The molecule has 0 aliphatic carbocycles. The van der Waals surface area contributed by atoms with Gasteiger partial charge in [-0.15, -0.1) is 0 Å². The number of nitrogens with zero attached hydrogens (tertiary/aromatic N) is 1. The molecule has 12 heteroatoms. The third kappa shape index (κ3) is 9.01. The molecule has 236 valence electrons. The predicted molar refractivity (Wildman–Crippen MR) is 158 cm³/mol. The van der Waals surface area contributed by atoms with E-state index in [-0.39, 0.29) is 36.4 Å². The van der Waals surface area contributed by atoms with Gasteiger partial charge in [0.25, 0.3) is 0 Å². The van der Waals surface area contributed by atoms with Crippen molar-refractivity contribution in [3.8, 4) is 0 Å². The third-order valence-electron chi connectivity index (χ3n) is 7.11. The van der Waals surface area contributed by atoms with Crippen LogP contribution in [0.2, 0.25) is 0 Å². The van der Waals surface area contributed by atoms with Crippen LogP contribution in [0, 0.1) is 17.5 Å². The van der Waals surface area contributed by atoms with E-state index in [2.05, 4.69) is 20.9 Å². The number of alkyl carbamates (subject to hydrolysis) is 1. The van der Waals surface area contributed by atoms with E-state index in [0.29, 0.717) is 30.7 Å². The Labute approximate surface area is 254 Å². The second-order valence-corrected chi connectivity index (χ2v) is 11.6. The lowest BCUT2D eigenvalue weighted by atomic mass is 9.84. The standard InChI is InChI=1S/C32H37F3N4O5/c1-32(2,3)44-31(42)39-29(28(19-4-8-21(33)9-5-19)20-6-10-22(34)11-7-20)30(41)38-27-16-36-15-26(35)25(27)13-12-24-14-37-23(17-40)18-43-24/h4-11,15-16,23-24,28-29,37,40H,12-14,17-18H2,1-3H3,(H,38,41)(H,39,42)/t23-,24-,29?/m1/s1. The van der Waals surface area contributed by atoms with Crippen molar-refractivity contribution >= 4 is 17.7 Å². The molecule has 2 aromatic carbocycles. The number of carbonyl (C=O) groups excluding carboxylic acids is 2. The van der Waals surface area contributed by atoms with Crippen LogP contribution in [0.25, 0.3) is 0 Å². The fourth-order valence-corrected chi connectivity index (χ4v) is 4.96. The van der Waals surface area contributed by atoms with Gasteiger partial charge in [0.05, 0.1) is 43.4 Å². The number of aromatic nitrogens is 1. The Balaban J connectivity index is 1.66. The topological polar surface area (TPSA) is 122 Å². The molecule has 1 saturated heterocycles.